The van der Waals surface area contributed by atoms with Gasteiger partial charge in [0.2, 0.25) is 5.95 Å². The molecule has 0 aromatic carbocycles. The zero-order chi connectivity index (χ0) is 17.9. The van der Waals surface area contributed by atoms with E-state index in [1.165, 1.54) is 12.8 Å². The molecule has 136 valence electrons. The summed E-state index contributed by atoms with van der Waals surface area (Å²) in [6.07, 6.45) is 5.73. The average molecular weight is 352 g/mol. The Morgan fingerprint density at radius 2 is 1.77 bits per heavy atom. The molecule has 4 rings (SSSR count). The summed E-state index contributed by atoms with van der Waals surface area (Å²) >= 11 is 0. The van der Waals surface area contributed by atoms with Crippen molar-refractivity contribution in [2.24, 2.45) is 0 Å². The highest BCUT2D eigenvalue weighted by molar-refractivity contribution is 5.94. The second-order valence-corrected chi connectivity index (χ2v) is 6.88. The van der Waals surface area contributed by atoms with E-state index in [9.17, 15) is 4.79 Å². The molecule has 0 atom stereocenters. The third kappa shape index (κ3) is 3.47. The van der Waals surface area contributed by atoms with Crippen LogP contribution in [0.25, 0.3) is 0 Å². The lowest BCUT2D eigenvalue weighted by molar-refractivity contribution is 0.0746. The molecule has 0 bridgehead atoms. The molecular weight excluding hydrogens is 328 g/mol. The SMILES string of the molecule is Cc1cc(N2CCN(C(=O)c3cccnc3)CC2)nc(N2CCCC2)n1. The Bertz CT molecular complexity index is 767. The predicted octanol–water partition coefficient (Wildman–Crippen LogP) is 1.74. The molecule has 26 heavy (non-hydrogen) atoms. The zero-order valence-corrected chi connectivity index (χ0v) is 15.1. The fourth-order valence-electron chi connectivity index (χ4n) is 3.57. The van der Waals surface area contributed by atoms with Gasteiger partial charge in [-0.3, -0.25) is 9.78 Å². The Labute approximate surface area is 153 Å². The number of carbonyl (C=O) groups is 1. The van der Waals surface area contributed by atoms with Gasteiger partial charge in [-0.25, -0.2) is 4.98 Å². The molecular formula is C19H24N6O. The van der Waals surface area contributed by atoms with Crippen LogP contribution in [0.5, 0.6) is 0 Å². The Morgan fingerprint density at radius 3 is 2.46 bits per heavy atom. The number of nitrogens with zero attached hydrogens (tertiary/aromatic N) is 6. The van der Waals surface area contributed by atoms with Crippen molar-refractivity contribution < 1.29 is 4.79 Å². The van der Waals surface area contributed by atoms with Crippen molar-refractivity contribution in [3.63, 3.8) is 0 Å². The number of carbonyl (C=O) groups excluding carboxylic acids is 1. The molecule has 2 aromatic heterocycles. The molecule has 0 unspecified atom stereocenters. The summed E-state index contributed by atoms with van der Waals surface area (Å²) < 4.78 is 0. The number of aromatic nitrogens is 3. The van der Waals surface area contributed by atoms with Gasteiger partial charge in [0, 0.05) is 63.4 Å². The molecule has 0 N–H and O–H groups in total. The summed E-state index contributed by atoms with van der Waals surface area (Å²) in [6.45, 7) is 7.04. The molecule has 7 heteroatoms. The minimum Gasteiger partial charge on any atom is -0.353 e. The number of aryl methyl sites for hydroxylation is 1. The Kier molecular flexibility index (Phi) is 4.69. The zero-order valence-electron chi connectivity index (χ0n) is 15.1. The van der Waals surface area contributed by atoms with Crippen LogP contribution in [-0.2, 0) is 0 Å². The lowest BCUT2D eigenvalue weighted by Gasteiger charge is -2.35. The monoisotopic (exact) mass is 352 g/mol. The first-order valence-electron chi connectivity index (χ1n) is 9.25. The van der Waals surface area contributed by atoms with Crippen molar-refractivity contribution in [1.82, 2.24) is 19.9 Å². The van der Waals surface area contributed by atoms with Gasteiger partial charge >= 0.3 is 0 Å². The number of amides is 1. The number of anilines is 2. The first-order chi connectivity index (χ1) is 12.7. The number of hydrogen-bond acceptors (Lipinski definition) is 6. The number of pyridine rings is 1. The molecule has 2 fully saturated rings. The molecule has 2 aliphatic heterocycles. The van der Waals surface area contributed by atoms with E-state index >= 15 is 0 Å². The maximum absolute atomic E-state index is 12.6. The van der Waals surface area contributed by atoms with Crippen molar-refractivity contribution >= 4 is 17.7 Å². The van der Waals surface area contributed by atoms with Gasteiger partial charge in [-0.2, -0.15) is 4.98 Å². The molecule has 2 aromatic rings. The lowest BCUT2D eigenvalue weighted by atomic mass is 10.2. The normalized spacial score (nSPS) is 17.7. The van der Waals surface area contributed by atoms with Gasteiger partial charge in [0.15, 0.2) is 0 Å². The molecule has 7 nitrogen and oxygen atoms in total. The van der Waals surface area contributed by atoms with Crippen molar-refractivity contribution in [3.8, 4) is 0 Å². The van der Waals surface area contributed by atoms with Gasteiger partial charge < -0.3 is 14.7 Å². The summed E-state index contributed by atoms with van der Waals surface area (Å²) in [7, 11) is 0. The lowest BCUT2D eigenvalue weighted by Crippen LogP contribution is -2.49. The highest BCUT2D eigenvalue weighted by Gasteiger charge is 2.24. The van der Waals surface area contributed by atoms with Crippen LogP contribution in [0.2, 0.25) is 0 Å². The Balaban J connectivity index is 1.44. The smallest absolute Gasteiger partial charge is 0.255 e. The van der Waals surface area contributed by atoms with Gasteiger partial charge in [-0.15, -0.1) is 0 Å². The molecule has 2 saturated heterocycles. The largest absolute Gasteiger partial charge is 0.353 e. The fraction of sp³-hybridized carbons (Fsp3) is 0.474. The maximum Gasteiger partial charge on any atom is 0.255 e. The molecule has 0 radical (unpaired) electrons. The second-order valence-electron chi connectivity index (χ2n) is 6.88. The number of hydrogen-bond donors (Lipinski definition) is 0. The van der Waals surface area contributed by atoms with Crippen LogP contribution in [0, 0.1) is 6.92 Å². The molecule has 0 aliphatic carbocycles. The van der Waals surface area contributed by atoms with E-state index in [4.69, 9.17) is 4.98 Å². The highest BCUT2D eigenvalue weighted by Crippen LogP contribution is 2.22. The van der Waals surface area contributed by atoms with E-state index in [-0.39, 0.29) is 5.91 Å². The van der Waals surface area contributed by atoms with Crippen molar-refractivity contribution in [2.45, 2.75) is 19.8 Å². The third-order valence-corrected chi connectivity index (χ3v) is 5.02. The van der Waals surface area contributed by atoms with Gasteiger partial charge in [0.1, 0.15) is 5.82 Å². The number of piperazine rings is 1. The first-order valence-corrected chi connectivity index (χ1v) is 9.25. The summed E-state index contributed by atoms with van der Waals surface area (Å²) in [5.41, 5.74) is 1.64. The number of rotatable bonds is 3. The fourth-order valence-corrected chi connectivity index (χ4v) is 3.57. The predicted molar refractivity (Wildman–Crippen MR) is 101 cm³/mol. The Hall–Kier alpha value is -2.70. The quantitative estimate of drug-likeness (QED) is 0.838. The van der Waals surface area contributed by atoms with Crippen molar-refractivity contribution in [1.29, 1.82) is 0 Å². The van der Waals surface area contributed by atoms with E-state index in [0.29, 0.717) is 18.7 Å². The van der Waals surface area contributed by atoms with E-state index in [1.54, 1.807) is 18.5 Å². The molecule has 2 aliphatic rings. The molecule has 4 heterocycles. The van der Waals surface area contributed by atoms with Gasteiger partial charge in [-0.05, 0) is 31.9 Å². The van der Waals surface area contributed by atoms with Gasteiger partial charge in [-0.1, -0.05) is 0 Å². The van der Waals surface area contributed by atoms with Crippen LogP contribution in [0.3, 0.4) is 0 Å². The summed E-state index contributed by atoms with van der Waals surface area (Å²) in [5, 5.41) is 0. The molecule has 0 spiro atoms. The van der Waals surface area contributed by atoms with Gasteiger partial charge in [0.25, 0.3) is 5.91 Å². The van der Waals surface area contributed by atoms with E-state index in [0.717, 1.165) is 43.6 Å². The Morgan fingerprint density at radius 1 is 1.00 bits per heavy atom. The minimum atomic E-state index is 0.0503. The first kappa shape index (κ1) is 16.8. The van der Waals surface area contributed by atoms with Crippen LogP contribution in [0.4, 0.5) is 11.8 Å². The maximum atomic E-state index is 12.6. The van der Waals surface area contributed by atoms with Crippen molar-refractivity contribution in [3.05, 3.63) is 41.9 Å². The molecule has 1 amide bonds. The van der Waals surface area contributed by atoms with Crippen LogP contribution in [0.1, 0.15) is 28.9 Å². The van der Waals surface area contributed by atoms with Crippen molar-refractivity contribution in [2.75, 3.05) is 49.1 Å². The average Bonchev–Trinajstić information content (AvgIpc) is 3.23. The van der Waals surface area contributed by atoms with E-state index in [1.807, 2.05) is 24.0 Å². The highest BCUT2D eigenvalue weighted by atomic mass is 16.2. The van der Waals surface area contributed by atoms with Crippen LogP contribution in [0.15, 0.2) is 30.6 Å². The van der Waals surface area contributed by atoms with Crippen LogP contribution in [-0.4, -0.2) is 65.0 Å². The molecule has 0 saturated carbocycles. The van der Waals surface area contributed by atoms with Crippen LogP contribution >= 0.6 is 0 Å². The second kappa shape index (κ2) is 7.27. The van der Waals surface area contributed by atoms with E-state index in [2.05, 4.69) is 19.8 Å². The summed E-state index contributed by atoms with van der Waals surface area (Å²) in [5.74, 6) is 1.86. The standard InChI is InChI=1S/C19H24N6O/c1-15-13-17(22-19(21-15)25-7-2-3-8-25)23-9-11-24(12-10-23)18(26)16-5-4-6-20-14-16/h4-6,13-14H,2-3,7-12H2,1H3. The van der Waals surface area contributed by atoms with E-state index < -0.39 is 0 Å². The van der Waals surface area contributed by atoms with Gasteiger partial charge in [0.05, 0.1) is 5.56 Å². The van der Waals surface area contributed by atoms with Crippen LogP contribution < -0.4 is 9.80 Å². The minimum absolute atomic E-state index is 0.0503. The summed E-state index contributed by atoms with van der Waals surface area (Å²) in [4.78, 5) is 32.4. The summed E-state index contributed by atoms with van der Waals surface area (Å²) in [6, 6.07) is 5.66. The third-order valence-electron chi connectivity index (χ3n) is 5.02. The topological polar surface area (TPSA) is 65.5 Å².